The summed E-state index contributed by atoms with van der Waals surface area (Å²) in [5.41, 5.74) is 2.43. The van der Waals surface area contributed by atoms with Gasteiger partial charge in [-0.1, -0.05) is 24.3 Å². The fraction of sp³-hybridized carbons (Fsp3) is 0.286. The van der Waals surface area contributed by atoms with E-state index in [0.717, 1.165) is 10.5 Å². The third-order valence-corrected chi connectivity index (χ3v) is 7.10. The van der Waals surface area contributed by atoms with Gasteiger partial charge in [0.25, 0.3) is 5.91 Å². The zero-order valence-corrected chi connectivity index (χ0v) is 21.8. The van der Waals surface area contributed by atoms with Crippen LogP contribution in [0.5, 0.6) is 17.2 Å². The van der Waals surface area contributed by atoms with E-state index in [1.165, 1.54) is 14.2 Å². The van der Waals surface area contributed by atoms with Crippen LogP contribution in [0, 0.1) is 0 Å². The van der Waals surface area contributed by atoms with E-state index in [1.54, 1.807) is 41.9 Å². The lowest BCUT2D eigenvalue weighted by Gasteiger charge is -2.40. The van der Waals surface area contributed by atoms with Crippen LogP contribution in [0.3, 0.4) is 0 Å². The van der Waals surface area contributed by atoms with E-state index in [1.807, 2.05) is 55.6 Å². The predicted octanol–water partition coefficient (Wildman–Crippen LogP) is 5.37. The Morgan fingerprint density at radius 1 is 1.00 bits per heavy atom. The van der Waals surface area contributed by atoms with Crippen LogP contribution in [-0.4, -0.2) is 50.8 Å². The smallest absolute Gasteiger partial charge is 0.254 e. The molecule has 4 rings (SSSR count). The quantitative estimate of drug-likeness (QED) is 0.414. The van der Waals surface area contributed by atoms with Gasteiger partial charge in [-0.05, 0) is 60.7 Å². The first-order chi connectivity index (χ1) is 17.4. The first kappa shape index (κ1) is 25.4. The average Bonchev–Trinajstić information content (AvgIpc) is 2.91. The number of carbonyl (C=O) groups excluding carboxylic acids is 2. The number of nitrogens with one attached hydrogen (secondary N) is 1. The van der Waals surface area contributed by atoms with E-state index >= 15 is 0 Å². The Morgan fingerprint density at radius 3 is 2.31 bits per heavy atom. The normalized spacial score (nSPS) is 16.8. The largest absolute Gasteiger partial charge is 0.493 e. The maximum Gasteiger partial charge on any atom is 0.254 e. The third kappa shape index (κ3) is 4.73. The molecule has 1 aliphatic heterocycles. The summed E-state index contributed by atoms with van der Waals surface area (Å²) in [7, 11) is 4.78. The highest BCUT2D eigenvalue weighted by Crippen LogP contribution is 2.46. The van der Waals surface area contributed by atoms with Crippen LogP contribution < -0.4 is 19.5 Å². The molecule has 1 N–H and O–H groups in total. The summed E-state index contributed by atoms with van der Waals surface area (Å²) in [5, 5.41) is 3.05. The fourth-order valence-electron chi connectivity index (χ4n) is 4.61. The lowest BCUT2D eigenvalue weighted by atomic mass is 9.79. The molecule has 0 aromatic heterocycles. The Balaban J connectivity index is 1.86. The zero-order valence-electron chi connectivity index (χ0n) is 21.0. The molecule has 3 aromatic rings. The number of likely N-dealkylation sites (N-methyl/N-ethyl adjacent to an activating group) is 1. The van der Waals surface area contributed by atoms with Crippen molar-refractivity contribution in [1.82, 2.24) is 4.90 Å². The number of hydrogen-bond donors (Lipinski definition) is 1. The summed E-state index contributed by atoms with van der Waals surface area (Å²) < 4.78 is 16.7. The molecule has 8 heteroatoms. The summed E-state index contributed by atoms with van der Waals surface area (Å²) in [6.07, 6.45) is 2.01. The molecule has 2 atom stereocenters. The zero-order chi connectivity index (χ0) is 25.8. The van der Waals surface area contributed by atoms with E-state index in [4.69, 9.17) is 14.2 Å². The highest BCUT2D eigenvalue weighted by molar-refractivity contribution is 7.98. The van der Waals surface area contributed by atoms with E-state index in [0.29, 0.717) is 40.7 Å². The van der Waals surface area contributed by atoms with Crippen LogP contribution in [0.2, 0.25) is 0 Å². The molecule has 0 saturated heterocycles. The highest BCUT2D eigenvalue weighted by Gasteiger charge is 2.43. The Kier molecular flexibility index (Phi) is 7.74. The van der Waals surface area contributed by atoms with Gasteiger partial charge in [-0.3, -0.25) is 9.59 Å². The summed E-state index contributed by atoms with van der Waals surface area (Å²) >= 11 is 1.63. The molecule has 188 valence electrons. The van der Waals surface area contributed by atoms with Crippen molar-refractivity contribution in [2.24, 2.45) is 0 Å². The van der Waals surface area contributed by atoms with Gasteiger partial charge >= 0.3 is 0 Å². The summed E-state index contributed by atoms with van der Waals surface area (Å²) in [4.78, 5) is 30.3. The molecular weight excluding hydrogens is 476 g/mol. The lowest BCUT2D eigenvalue weighted by molar-refractivity contribution is -0.119. The second-order valence-electron chi connectivity index (χ2n) is 8.32. The molecular formula is C28H30N2O5S. The Labute approximate surface area is 215 Å². The maximum absolute atomic E-state index is 14.0. The monoisotopic (exact) mass is 506 g/mol. The van der Waals surface area contributed by atoms with Crippen LogP contribution in [0.25, 0.3) is 0 Å². The van der Waals surface area contributed by atoms with Gasteiger partial charge in [-0.2, -0.15) is 0 Å². The molecule has 0 fully saturated rings. The number of rotatable bonds is 8. The molecule has 0 saturated carbocycles. The third-order valence-electron chi connectivity index (χ3n) is 6.36. The Bertz CT molecular complexity index is 1260. The van der Waals surface area contributed by atoms with E-state index in [2.05, 4.69) is 5.32 Å². The number of anilines is 1. The minimum Gasteiger partial charge on any atom is -0.493 e. The molecule has 36 heavy (non-hydrogen) atoms. The van der Waals surface area contributed by atoms with Crippen molar-refractivity contribution in [3.05, 3.63) is 77.4 Å². The van der Waals surface area contributed by atoms with Gasteiger partial charge in [0, 0.05) is 17.5 Å². The number of nitrogens with zero attached hydrogens (tertiary/aromatic N) is 1. The molecule has 0 radical (unpaired) electrons. The predicted molar refractivity (Wildman–Crippen MR) is 142 cm³/mol. The molecule has 2 amide bonds. The van der Waals surface area contributed by atoms with Gasteiger partial charge < -0.3 is 24.4 Å². The van der Waals surface area contributed by atoms with Crippen LogP contribution >= 0.6 is 11.8 Å². The first-order valence-corrected chi connectivity index (χ1v) is 12.9. The van der Waals surface area contributed by atoms with Gasteiger partial charge in [-0.15, -0.1) is 11.8 Å². The topological polar surface area (TPSA) is 77.1 Å². The first-order valence-electron chi connectivity index (χ1n) is 11.6. The van der Waals surface area contributed by atoms with Crippen molar-refractivity contribution in [2.75, 3.05) is 39.4 Å². The fourth-order valence-corrected chi connectivity index (χ4v) is 5.02. The number of para-hydroxylation sites is 2. The van der Waals surface area contributed by atoms with Crippen molar-refractivity contribution in [3.63, 3.8) is 0 Å². The van der Waals surface area contributed by atoms with E-state index in [9.17, 15) is 9.59 Å². The maximum atomic E-state index is 14.0. The van der Waals surface area contributed by atoms with Crippen LogP contribution in [0.4, 0.5) is 5.69 Å². The number of fused-ring (bicyclic) bond motifs is 1. The van der Waals surface area contributed by atoms with E-state index in [-0.39, 0.29) is 11.8 Å². The minimum absolute atomic E-state index is 0.191. The van der Waals surface area contributed by atoms with Crippen LogP contribution in [-0.2, 0) is 4.79 Å². The van der Waals surface area contributed by atoms with Gasteiger partial charge in [0.1, 0.15) is 5.75 Å². The van der Waals surface area contributed by atoms with Gasteiger partial charge in [0.2, 0.25) is 5.91 Å². The van der Waals surface area contributed by atoms with Gasteiger partial charge in [0.05, 0.1) is 38.5 Å². The standard InChI is InChI=1S/C28H30N2O5S/c1-6-35-22-10-8-7-9-21(22)29-27(31)25-19-15-23(33-3)24(34-4)16-20(19)28(32)30(2)26(25)17-11-13-18(36-5)14-12-17/h7-16,25-26H,6H2,1-5H3,(H,29,31). The lowest BCUT2D eigenvalue weighted by Crippen LogP contribution is -2.44. The van der Waals surface area contributed by atoms with Crippen LogP contribution in [0.1, 0.15) is 40.4 Å². The molecule has 1 heterocycles. The molecule has 1 aliphatic rings. The number of thioether (sulfide) groups is 1. The van der Waals surface area contributed by atoms with Crippen molar-refractivity contribution in [2.45, 2.75) is 23.8 Å². The molecule has 0 bridgehead atoms. The molecule has 3 aromatic carbocycles. The number of hydrogen-bond acceptors (Lipinski definition) is 6. The second kappa shape index (κ2) is 11.0. The van der Waals surface area contributed by atoms with Gasteiger partial charge in [-0.25, -0.2) is 0 Å². The highest BCUT2D eigenvalue weighted by atomic mass is 32.2. The van der Waals surface area contributed by atoms with Crippen molar-refractivity contribution in [1.29, 1.82) is 0 Å². The molecule has 7 nitrogen and oxygen atoms in total. The SMILES string of the molecule is CCOc1ccccc1NC(=O)C1c2cc(OC)c(OC)cc2C(=O)N(C)C1c1ccc(SC)cc1. The van der Waals surface area contributed by atoms with Crippen LogP contribution in [0.15, 0.2) is 65.6 Å². The Hall–Kier alpha value is -3.65. The molecule has 0 spiro atoms. The summed E-state index contributed by atoms with van der Waals surface area (Å²) in [6, 6.07) is 18.1. The summed E-state index contributed by atoms with van der Waals surface area (Å²) in [5.74, 6) is 0.316. The van der Waals surface area contributed by atoms with E-state index < -0.39 is 12.0 Å². The molecule has 2 unspecified atom stereocenters. The number of benzene rings is 3. The minimum atomic E-state index is -0.711. The summed E-state index contributed by atoms with van der Waals surface area (Å²) in [6.45, 7) is 2.36. The number of amides is 2. The number of methoxy groups -OCH3 is 2. The number of carbonyl (C=O) groups is 2. The van der Waals surface area contributed by atoms with Crippen molar-refractivity contribution >= 4 is 29.3 Å². The average molecular weight is 507 g/mol. The Morgan fingerprint density at radius 2 is 1.67 bits per heavy atom. The van der Waals surface area contributed by atoms with Crippen molar-refractivity contribution < 1.29 is 23.8 Å². The van der Waals surface area contributed by atoms with Crippen molar-refractivity contribution in [3.8, 4) is 17.2 Å². The number of ether oxygens (including phenoxy) is 3. The van der Waals surface area contributed by atoms with Gasteiger partial charge in [0.15, 0.2) is 11.5 Å². The molecule has 0 aliphatic carbocycles. The second-order valence-corrected chi connectivity index (χ2v) is 9.20.